The maximum absolute atomic E-state index is 12.8. The molecule has 180 valence electrons. The number of amides is 1. The van der Waals surface area contributed by atoms with Crippen LogP contribution in [0.2, 0.25) is 0 Å². The molecule has 4 rings (SSSR count). The second-order valence-corrected chi connectivity index (χ2v) is 9.18. The number of piperidine rings is 1. The van der Waals surface area contributed by atoms with Gasteiger partial charge in [-0.1, -0.05) is 37.3 Å². The number of hydrogen-bond donors (Lipinski definition) is 1. The number of aromatic nitrogens is 2. The number of methoxy groups -OCH3 is 2. The SMILES string of the molecule is COc1ccc(-c2noc(CN3CCC(C(=O)NC4CCCCCCC4)CC3)n2)cc1OC. The molecular weight excluding hydrogens is 420 g/mol. The second kappa shape index (κ2) is 11.5. The van der Waals surface area contributed by atoms with E-state index in [-0.39, 0.29) is 11.8 Å². The molecule has 1 aliphatic carbocycles. The van der Waals surface area contributed by atoms with Gasteiger partial charge in [-0.3, -0.25) is 9.69 Å². The largest absolute Gasteiger partial charge is 0.493 e. The molecule has 1 saturated heterocycles. The zero-order valence-corrected chi connectivity index (χ0v) is 19.8. The Labute approximate surface area is 196 Å². The minimum absolute atomic E-state index is 0.108. The number of nitrogens with one attached hydrogen (secondary N) is 1. The first-order valence-corrected chi connectivity index (χ1v) is 12.2. The van der Waals surface area contributed by atoms with Gasteiger partial charge < -0.3 is 19.3 Å². The average molecular weight is 457 g/mol. The third-order valence-electron chi connectivity index (χ3n) is 6.88. The van der Waals surface area contributed by atoms with E-state index in [0.29, 0.717) is 35.8 Å². The lowest BCUT2D eigenvalue weighted by atomic mass is 9.93. The fourth-order valence-electron chi connectivity index (χ4n) is 4.88. The van der Waals surface area contributed by atoms with Gasteiger partial charge in [-0.25, -0.2) is 0 Å². The summed E-state index contributed by atoms with van der Waals surface area (Å²) in [6.45, 7) is 2.31. The van der Waals surface area contributed by atoms with Gasteiger partial charge in [0.05, 0.1) is 20.8 Å². The fourth-order valence-corrected chi connectivity index (χ4v) is 4.88. The number of hydrogen-bond acceptors (Lipinski definition) is 7. The van der Waals surface area contributed by atoms with Crippen molar-refractivity contribution in [2.24, 2.45) is 5.92 Å². The van der Waals surface area contributed by atoms with E-state index >= 15 is 0 Å². The average Bonchev–Trinajstić information content (AvgIpc) is 3.29. The van der Waals surface area contributed by atoms with Gasteiger partial charge in [0.2, 0.25) is 17.6 Å². The smallest absolute Gasteiger partial charge is 0.241 e. The Balaban J connectivity index is 1.26. The van der Waals surface area contributed by atoms with Crippen molar-refractivity contribution in [3.05, 3.63) is 24.1 Å². The molecule has 0 atom stereocenters. The summed E-state index contributed by atoms with van der Waals surface area (Å²) in [7, 11) is 3.21. The zero-order valence-electron chi connectivity index (χ0n) is 19.8. The highest BCUT2D eigenvalue weighted by atomic mass is 16.5. The lowest BCUT2D eigenvalue weighted by Gasteiger charge is -2.31. The van der Waals surface area contributed by atoms with E-state index in [0.717, 1.165) is 44.3 Å². The summed E-state index contributed by atoms with van der Waals surface area (Å²) >= 11 is 0. The number of likely N-dealkylation sites (tertiary alicyclic amines) is 1. The third kappa shape index (κ3) is 6.25. The monoisotopic (exact) mass is 456 g/mol. The Morgan fingerprint density at radius 1 is 1.03 bits per heavy atom. The standard InChI is InChI=1S/C25H36N4O4/c1-31-21-11-10-19(16-22(21)32-2)24-27-23(33-28-24)17-29-14-12-18(13-15-29)25(30)26-20-8-6-4-3-5-7-9-20/h10-11,16,18,20H,3-9,12-15,17H2,1-2H3,(H,26,30). The molecule has 0 unspecified atom stereocenters. The highest BCUT2D eigenvalue weighted by Gasteiger charge is 2.27. The maximum Gasteiger partial charge on any atom is 0.241 e. The fraction of sp³-hybridized carbons (Fsp3) is 0.640. The van der Waals surface area contributed by atoms with Crippen LogP contribution < -0.4 is 14.8 Å². The van der Waals surface area contributed by atoms with Crippen molar-refractivity contribution in [3.63, 3.8) is 0 Å². The molecular formula is C25H36N4O4. The predicted molar refractivity (Wildman–Crippen MR) is 125 cm³/mol. The van der Waals surface area contributed by atoms with Gasteiger partial charge in [0.15, 0.2) is 11.5 Å². The molecule has 2 heterocycles. The summed E-state index contributed by atoms with van der Waals surface area (Å²) in [5.41, 5.74) is 0.812. The van der Waals surface area contributed by atoms with Crippen molar-refractivity contribution in [3.8, 4) is 22.9 Å². The first-order chi connectivity index (χ1) is 16.2. The Kier molecular flexibility index (Phi) is 8.20. The van der Waals surface area contributed by atoms with E-state index < -0.39 is 0 Å². The molecule has 0 bridgehead atoms. The van der Waals surface area contributed by atoms with Crippen molar-refractivity contribution in [1.82, 2.24) is 20.4 Å². The van der Waals surface area contributed by atoms with Crippen LogP contribution in [0.4, 0.5) is 0 Å². The van der Waals surface area contributed by atoms with E-state index in [1.807, 2.05) is 18.2 Å². The molecule has 1 aromatic carbocycles. The maximum atomic E-state index is 12.8. The van der Waals surface area contributed by atoms with Crippen LogP contribution >= 0.6 is 0 Å². The molecule has 33 heavy (non-hydrogen) atoms. The van der Waals surface area contributed by atoms with Gasteiger partial charge in [-0.05, 0) is 57.0 Å². The first-order valence-electron chi connectivity index (χ1n) is 12.2. The summed E-state index contributed by atoms with van der Waals surface area (Å²) < 4.78 is 16.1. The highest BCUT2D eigenvalue weighted by Crippen LogP contribution is 2.31. The Morgan fingerprint density at radius 3 is 2.42 bits per heavy atom. The molecule has 1 N–H and O–H groups in total. The highest BCUT2D eigenvalue weighted by molar-refractivity contribution is 5.79. The minimum Gasteiger partial charge on any atom is -0.493 e. The van der Waals surface area contributed by atoms with Crippen LogP contribution in [0, 0.1) is 5.92 Å². The second-order valence-electron chi connectivity index (χ2n) is 9.18. The molecule has 2 fully saturated rings. The van der Waals surface area contributed by atoms with Crippen molar-refractivity contribution in [2.45, 2.75) is 70.4 Å². The molecule has 8 heteroatoms. The van der Waals surface area contributed by atoms with E-state index in [9.17, 15) is 4.79 Å². The summed E-state index contributed by atoms with van der Waals surface area (Å²) in [4.78, 5) is 19.6. The zero-order chi connectivity index (χ0) is 23.0. The number of carbonyl (C=O) groups excluding carboxylic acids is 1. The molecule has 0 spiro atoms. The molecule has 1 saturated carbocycles. The molecule has 0 radical (unpaired) electrons. The molecule has 1 aliphatic heterocycles. The van der Waals surface area contributed by atoms with Crippen LogP contribution in [0.3, 0.4) is 0 Å². The molecule has 2 aliphatic rings. The van der Waals surface area contributed by atoms with Gasteiger partial charge in [-0.15, -0.1) is 0 Å². The van der Waals surface area contributed by atoms with Crippen LogP contribution in [0.15, 0.2) is 22.7 Å². The van der Waals surface area contributed by atoms with Crippen LogP contribution in [-0.4, -0.2) is 54.3 Å². The normalized spacial score (nSPS) is 19.0. The predicted octanol–water partition coefficient (Wildman–Crippen LogP) is 4.19. The van der Waals surface area contributed by atoms with Crippen LogP contribution in [0.1, 0.15) is 63.7 Å². The van der Waals surface area contributed by atoms with E-state index in [4.69, 9.17) is 14.0 Å². The molecule has 2 aromatic rings. The summed E-state index contributed by atoms with van der Waals surface area (Å²) in [5.74, 6) is 2.74. The third-order valence-corrected chi connectivity index (χ3v) is 6.88. The number of rotatable bonds is 7. The minimum atomic E-state index is 0.108. The number of carbonyl (C=O) groups is 1. The van der Waals surface area contributed by atoms with Gasteiger partial charge in [0, 0.05) is 17.5 Å². The number of ether oxygens (including phenoxy) is 2. The van der Waals surface area contributed by atoms with Crippen molar-refractivity contribution < 1.29 is 18.8 Å². The molecule has 1 aromatic heterocycles. The van der Waals surface area contributed by atoms with Gasteiger partial charge in [0.25, 0.3) is 0 Å². The van der Waals surface area contributed by atoms with Crippen molar-refractivity contribution in [2.75, 3.05) is 27.3 Å². The van der Waals surface area contributed by atoms with E-state index in [1.54, 1.807) is 14.2 Å². The lowest BCUT2D eigenvalue weighted by molar-refractivity contribution is -0.127. The number of benzene rings is 1. The molecule has 1 amide bonds. The Hall–Kier alpha value is -2.61. The number of nitrogens with zero attached hydrogens (tertiary/aromatic N) is 3. The topological polar surface area (TPSA) is 89.7 Å². The quantitative estimate of drug-likeness (QED) is 0.668. The Bertz CT molecular complexity index is 900. The lowest BCUT2D eigenvalue weighted by Crippen LogP contribution is -2.43. The van der Waals surface area contributed by atoms with Gasteiger partial charge >= 0.3 is 0 Å². The Morgan fingerprint density at radius 2 is 1.73 bits per heavy atom. The van der Waals surface area contributed by atoms with E-state index in [2.05, 4.69) is 20.4 Å². The van der Waals surface area contributed by atoms with Crippen molar-refractivity contribution >= 4 is 5.91 Å². The summed E-state index contributed by atoms with van der Waals surface area (Å²) in [5, 5.41) is 7.47. The molecule has 8 nitrogen and oxygen atoms in total. The van der Waals surface area contributed by atoms with Crippen LogP contribution in [0.25, 0.3) is 11.4 Å². The van der Waals surface area contributed by atoms with Crippen LogP contribution in [-0.2, 0) is 11.3 Å². The van der Waals surface area contributed by atoms with E-state index in [1.165, 1.54) is 32.1 Å². The summed E-state index contributed by atoms with van der Waals surface area (Å²) in [6, 6.07) is 5.92. The van der Waals surface area contributed by atoms with Crippen molar-refractivity contribution in [1.29, 1.82) is 0 Å². The summed E-state index contributed by atoms with van der Waals surface area (Å²) in [6.07, 6.45) is 10.4. The van der Waals surface area contributed by atoms with Gasteiger partial charge in [-0.2, -0.15) is 4.98 Å². The van der Waals surface area contributed by atoms with Crippen LogP contribution in [0.5, 0.6) is 11.5 Å². The first kappa shape index (κ1) is 23.5. The van der Waals surface area contributed by atoms with Gasteiger partial charge in [0.1, 0.15) is 0 Å².